The van der Waals surface area contributed by atoms with Crippen LogP contribution in [0.4, 0.5) is 0 Å². The minimum absolute atomic E-state index is 0.0475. The number of ether oxygens (including phenoxy) is 6. The van der Waals surface area contributed by atoms with Crippen molar-refractivity contribution in [3.8, 4) is 0 Å². The fraction of sp³-hybridized carbons (Fsp3) is 0.837. The van der Waals surface area contributed by atoms with E-state index in [-0.39, 0.29) is 75.7 Å². The lowest BCUT2D eigenvalue weighted by molar-refractivity contribution is -0.299. The van der Waals surface area contributed by atoms with Crippen LogP contribution < -0.4 is 0 Å². The molecule has 0 aromatic carbocycles. The summed E-state index contributed by atoms with van der Waals surface area (Å²) in [7, 11) is 1.48. The predicted molar refractivity (Wildman–Crippen MR) is 197 cm³/mol. The molecule has 5 aliphatic carbocycles. The molecule has 5 fully saturated rings. The first-order chi connectivity index (χ1) is 25.0. The van der Waals surface area contributed by atoms with Crippen molar-refractivity contribution in [3.63, 3.8) is 0 Å². The van der Waals surface area contributed by atoms with Gasteiger partial charge in [-0.15, -0.1) is 0 Å². The second-order valence-electron chi connectivity index (χ2n) is 19.6. The molecule has 0 amide bonds. The highest BCUT2D eigenvalue weighted by molar-refractivity contribution is 5.95. The quantitative estimate of drug-likeness (QED) is 0.150. The summed E-state index contributed by atoms with van der Waals surface area (Å²) in [5.74, 6) is -1.37. The van der Waals surface area contributed by atoms with Crippen LogP contribution >= 0.6 is 0 Å². The second-order valence-corrected chi connectivity index (χ2v) is 19.6. The lowest BCUT2D eigenvalue weighted by atomic mass is 9.33. The monoisotopic (exact) mass is 756 g/mol. The van der Waals surface area contributed by atoms with Crippen LogP contribution in [0.15, 0.2) is 11.6 Å². The Bertz CT molecular complexity index is 1580. The Labute approximate surface area is 321 Å². The summed E-state index contributed by atoms with van der Waals surface area (Å²) in [4.78, 5) is 63.9. The van der Waals surface area contributed by atoms with Crippen molar-refractivity contribution < 1.29 is 52.4 Å². The molecule has 11 nitrogen and oxygen atoms in total. The number of allylic oxidation sites excluding steroid dienone is 2. The number of carbonyl (C=O) groups excluding carboxylic acids is 5. The van der Waals surface area contributed by atoms with E-state index in [9.17, 15) is 24.0 Å². The van der Waals surface area contributed by atoms with Crippen molar-refractivity contribution in [2.24, 2.45) is 50.2 Å². The Hall–Kier alpha value is -2.79. The number of carbonyl (C=O) groups is 5. The molecule has 0 aromatic rings. The smallest absolute Gasteiger partial charge is 0.311 e. The summed E-state index contributed by atoms with van der Waals surface area (Å²) in [6, 6.07) is 0. The van der Waals surface area contributed by atoms with Gasteiger partial charge in [0.05, 0.1) is 18.6 Å². The number of esters is 4. The maximum atomic E-state index is 14.9. The molecule has 1 heterocycles. The standard InChI is InChI=1S/C43H64O11/c1-24(44)50-23-31-35(52-26(3)46)30(51-25(2)45)21-34(53-31)54-33-13-14-41(8)32(38(33,4)5)12-15-43(10)36(41)29(47)20-27-28-22-40(7,37(48)49-11)17-16-39(28,6)18-19-42(27,43)9/h20,28,30-36H,12-19,21-23H2,1-11H3/t28-,30+,31+,32-,33-,34+,35+,36+,39+,40-,41-,42+,43+/m0/s1. The van der Waals surface area contributed by atoms with Gasteiger partial charge in [-0.1, -0.05) is 47.1 Å². The molecular formula is C43H64O11. The molecule has 6 aliphatic rings. The van der Waals surface area contributed by atoms with Crippen LogP contribution in [0.25, 0.3) is 0 Å². The predicted octanol–water partition coefficient (Wildman–Crippen LogP) is 7.07. The Kier molecular flexibility index (Phi) is 10.6. The minimum atomic E-state index is -0.971. The number of methoxy groups -OCH3 is 1. The molecule has 54 heavy (non-hydrogen) atoms. The zero-order valence-corrected chi connectivity index (χ0v) is 34.5. The third kappa shape index (κ3) is 6.54. The largest absolute Gasteiger partial charge is 0.469 e. The first-order valence-corrected chi connectivity index (χ1v) is 20.2. The van der Waals surface area contributed by atoms with E-state index in [1.807, 2.05) is 13.0 Å². The third-order valence-corrected chi connectivity index (χ3v) is 16.1. The fourth-order valence-corrected chi connectivity index (χ4v) is 13.0. The molecule has 0 spiro atoms. The van der Waals surface area contributed by atoms with E-state index < -0.39 is 47.9 Å². The summed E-state index contributed by atoms with van der Waals surface area (Å²) in [6.45, 7) is 19.7. The maximum absolute atomic E-state index is 14.9. The van der Waals surface area contributed by atoms with Crippen LogP contribution in [-0.2, 0) is 52.4 Å². The number of ketones is 1. The van der Waals surface area contributed by atoms with Crippen LogP contribution in [0, 0.1) is 50.2 Å². The van der Waals surface area contributed by atoms with Gasteiger partial charge in [-0.3, -0.25) is 24.0 Å². The van der Waals surface area contributed by atoms with Gasteiger partial charge >= 0.3 is 23.9 Å². The van der Waals surface area contributed by atoms with Gasteiger partial charge in [0.1, 0.15) is 18.8 Å². The first kappa shape index (κ1) is 40.9. The van der Waals surface area contributed by atoms with Crippen molar-refractivity contribution in [1.29, 1.82) is 0 Å². The second kappa shape index (κ2) is 14.0. The van der Waals surface area contributed by atoms with Gasteiger partial charge in [0, 0.05) is 33.1 Å². The maximum Gasteiger partial charge on any atom is 0.311 e. The lowest BCUT2D eigenvalue weighted by Gasteiger charge is -2.70. The Morgan fingerprint density at radius 1 is 0.833 bits per heavy atom. The molecule has 1 aliphatic heterocycles. The molecule has 0 bridgehead atoms. The average molecular weight is 757 g/mol. The van der Waals surface area contributed by atoms with Gasteiger partial charge < -0.3 is 28.4 Å². The fourth-order valence-electron chi connectivity index (χ4n) is 13.0. The molecular weight excluding hydrogens is 692 g/mol. The van der Waals surface area contributed by atoms with E-state index in [0.717, 1.165) is 44.9 Å². The molecule has 302 valence electrons. The molecule has 6 rings (SSSR count). The number of rotatable bonds is 7. The van der Waals surface area contributed by atoms with E-state index in [0.29, 0.717) is 12.8 Å². The number of hydrogen-bond donors (Lipinski definition) is 0. The van der Waals surface area contributed by atoms with Crippen molar-refractivity contribution in [3.05, 3.63) is 11.6 Å². The van der Waals surface area contributed by atoms with Crippen LogP contribution in [0.5, 0.6) is 0 Å². The van der Waals surface area contributed by atoms with E-state index in [2.05, 4.69) is 41.5 Å². The summed E-state index contributed by atoms with van der Waals surface area (Å²) in [6.07, 6.45) is 6.32. The van der Waals surface area contributed by atoms with Crippen molar-refractivity contribution in [1.82, 2.24) is 0 Å². The molecule has 0 radical (unpaired) electrons. The first-order valence-electron chi connectivity index (χ1n) is 20.2. The Balaban J connectivity index is 1.27. The van der Waals surface area contributed by atoms with E-state index in [1.165, 1.54) is 33.5 Å². The molecule has 0 aromatic heterocycles. The van der Waals surface area contributed by atoms with Gasteiger partial charge in [0.25, 0.3) is 0 Å². The van der Waals surface area contributed by atoms with Gasteiger partial charge in [0.15, 0.2) is 18.2 Å². The molecule has 1 saturated heterocycles. The lowest BCUT2D eigenvalue weighted by Crippen LogP contribution is -2.67. The Morgan fingerprint density at radius 3 is 2.13 bits per heavy atom. The SMILES string of the molecule is COC(=O)[C@@]1(C)CC[C@]2(C)CC[C@]3(C)C(=CC(=O)[C@@H]4[C@@]5(C)CC[C@H](O[C@@H]6C[C@@H](OC(C)=O)[C@@H](OC(C)=O)[C@@H](COC(C)=O)O6)C(C)(C)[C@@H]5CC[C@]43C)[C@@H]2C1. The van der Waals surface area contributed by atoms with Gasteiger partial charge in [-0.05, 0) is 110 Å². The highest BCUT2D eigenvalue weighted by Crippen LogP contribution is 2.75. The summed E-state index contributed by atoms with van der Waals surface area (Å²) in [5, 5.41) is 0. The normalized spacial score (nSPS) is 45.2. The number of fused-ring (bicyclic) bond motifs is 7. The minimum Gasteiger partial charge on any atom is -0.469 e. The number of hydrogen-bond acceptors (Lipinski definition) is 11. The van der Waals surface area contributed by atoms with E-state index in [4.69, 9.17) is 28.4 Å². The zero-order chi connectivity index (χ0) is 39.8. The summed E-state index contributed by atoms with van der Waals surface area (Å²) >= 11 is 0. The molecule has 13 atom stereocenters. The molecule has 4 saturated carbocycles. The third-order valence-electron chi connectivity index (χ3n) is 16.1. The summed E-state index contributed by atoms with van der Waals surface area (Å²) < 4.78 is 34.9. The van der Waals surface area contributed by atoms with Crippen molar-refractivity contribution in [2.75, 3.05) is 13.7 Å². The highest BCUT2D eigenvalue weighted by Gasteiger charge is 2.70. The topological polar surface area (TPSA) is 141 Å². The average Bonchev–Trinajstić information content (AvgIpc) is 3.07. The van der Waals surface area contributed by atoms with Crippen LogP contribution in [0.3, 0.4) is 0 Å². The van der Waals surface area contributed by atoms with Gasteiger partial charge in [0.2, 0.25) is 0 Å². The van der Waals surface area contributed by atoms with Crippen LogP contribution in [-0.4, -0.2) is 74.1 Å². The van der Waals surface area contributed by atoms with E-state index >= 15 is 0 Å². The van der Waals surface area contributed by atoms with Crippen molar-refractivity contribution >= 4 is 29.7 Å². The summed E-state index contributed by atoms with van der Waals surface area (Å²) in [5.41, 5.74) is -0.304. The van der Waals surface area contributed by atoms with Gasteiger partial charge in [-0.2, -0.15) is 0 Å². The van der Waals surface area contributed by atoms with Crippen molar-refractivity contribution in [2.45, 2.75) is 164 Å². The highest BCUT2D eigenvalue weighted by atomic mass is 16.7. The van der Waals surface area contributed by atoms with Crippen LogP contribution in [0.1, 0.15) is 133 Å². The molecule has 0 N–H and O–H groups in total. The van der Waals surface area contributed by atoms with Crippen LogP contribution in [0.2, 0.25) is 0 Å². The van der Waals surface area contributed by atoms with E-state index in [1.54, 1.807) is 0 Å². The zero-order valence-electron chi connectivity index (χ0n) is 34.5. The Morgan fingerprint density at radius 2 is 1.50 bits per heavy atom. The molecule has 0 unspecified atom stereocenters. The van der Waals surface area contributed by atoms with Gasteiger partial charge in [-0.25, -0.2) is 0 Å². The molecule has 11 heteroatoms.